The first-order chi connectivity index (χ1) is 18.0. The summed E-state index contributed by atoms with van der Waals surface area (Å²) < 4.78 is 26.8. The Morgan fingerprint density at radius 1 is 0.842 bits per heavy atom. The second-order valence-electron chi connectivity index (χ2n) is 9.91. The van der Waals surface area contributed by atoms with Gasteiger partial charge in [-0.1, -0.05) is 66.7 Å². The Balaban J connectivity index is 2.04. The van der Waals surface area contributed by atoms with Crippen molar-refractivity contribution in [3.63, 3.8) is 0 Å². The number of amides is 2. The second-order valence-corrected chi connectivity index (χ2v) is 11.8. The summed E-state index contributed by atoms with van der Waals surface area (Å²) in [6, 6.07) is 23.2. The molecule has 0 bridgehead atoms. The molecule has 0 unspecified atom stereocenters. The van der Waals surface area contributed by atoms with E-state index in [1.165, 1.54) is 4.90 Å². The van der Waals surface area contributed by atoms with E-state index in [-0.39, 0.29) is 18.5 Å². The van der Waals surface area contributed by atoms with Gasteiger partial charge in [-0.25, -0.2) is 8.42 Å². The van der Waals surface area contributed by atoms with E-state index in [2.05, 4.69) is 5.32 Å². The van der Waals surface area contributed by atoms with Gasteiger partial charge < -0.3 is 10.2 Å². The average Bonchev–Trinajstić information content (AvgIpc) is 2.86. The van der Waals surface area contributed by atoms with Crippen LogP contribution in [0.2, 0.25) is 0 Å². The zero-order valence-corrected chi connectivity index (χ0v) is 23.5. The molecule has 0 aliphatic rings. The monoisotopic (exact) mass is 535 g/mol. The number of nitrogens with zero attached hydrogens (tertiary/aromatic N) is 2. The van der Waals surface area contributed by atoms with Crippen molar-refractivity contribution in [2.24, 2.45) is 0 Å². The predicted molar refractivity (Wildman–Crippen MR) is 152 cm³/mol. The number of nitrogens with one attached hydrogen (secondary N) is 1. The van der Waals surface area contributed by atoms with Crippen LogP contribution >= 0.6 is 0 Å². The SMILES string of the molecule is Cc1ccc(N(CC(=O)N(Cc2ccccc2)[C@@H](Cc2ccccc2)C(=O)NC(C)C)S(C)(=O)=O)cc1C. The minimum atomic E-state index is -3.79. The molecular formula is C30H37N3O4S. The molecule has 202 valence electrons. The van der Waals surface area contributed by atoms with E-state index in [0.29, 0.717) is 12.1 Å². The van der Waals surface area contributed by atoms with Crippen molar-refractivity contribution in [1.29, 1.82) is 0 Å². The van der Waals surface area contributed by atoms with Crippen molar-refractivity contribution in [3.05, 3.63) is 101 Å². The molecule has 7 nitrogen and oxygen atoms in total. The molecule has 3 rings (SSSR count). The van der Waals surface area contributed by atoms with Gasteiger partial charge in [0.2, 0.25) is 21.8 Å². The molecule has 0 saturated heterocycles. The highest BCUT2D eigenvalue weighted by Crippen LogP contribution is 2.23. The van der Waals surface area contributed by atoms with Crippen LogP contribution in [0.5, 0.6) is 0 Å². The fourth-order valence-corrected chi connectivity index (χ4v) is 5.05. The third-order valence-electron chi connectivity index (χ3n) is 6.36. The Morgan fingerprint density at radius 3 is 1.95 bits per heavy atom. The summed E-state index contributed by atoms with van der Waals surface area (Å²) in [5, 5.41) is 2.95. The van der Waals surface area contributed by atoms with E-state index in [0.717, 1.165) is 32.8 Å². The van der Waals surface area contributed by atoms with Crippen LogP contribution in [0.3, 0.4) is 0 Å². The molecule has 2 amide bonds. The topological polar surface area (TPSA) is 86.8 Å². The number of carbonyl (C=O) groups is 2. The van der Waals surface area contributed by atoms with Crippen molar-refractivity contribution in [2.45, 2.75) is 52.7 Å². The van der Waals surface area contributed by atoms with Crippen molar-refractivity contribution < 1.29 is 18.0 Å². The van der Waals surface area contributed by atoms with Crippen LogP contribution in [0.15, 0.2) is 78.9 Å². The third-order valence-corrected chi connectivity index (χ3v) is 7.50. The highest BCUT2D eigenvalue weighted by atomic mass is 32.2. The molecule has 3 aromatic carbocycles. The van der Waals surface area contributed by atoms with Crippen LogP contribution in [0.25, 0.3) is 0 Å². The summed E-state index contributed by atoms with van der Waals surface area (Å²) in [7, 11) is -3.79. The zero-order valence-electron chi connectivity index (χ0n) is 22.7. The van der Waals surface area contributed by atoms with E-state index < -0.39 is 28.5 Å². The molecule has 0 fully saturated rings. The number of sulfonamides is 1. The smallest absolute Gasteiger partial charge is 0.244 e. The van der Waals surface area contributed by atoms with Crippen LogP contribution in [-0.4, -0.2) is 50.0 Å². The van der Waals surface area contributed by atoms with E-state index in [1.54, 1.807) is 12.1 Å². The van der Waals surface area contributed by atoms with Crippen LogP contribution in [0.1, 0.15) is 36.1 Å². The van der Waals surface area contributed by atoms with Crippen LogP contribution in [0, 0.1) is 13.8 Å². The molecule has 0 heterocycles. The Bertz CT molecular complexity index is 1340. The molecule has 0 aliphatic heterocycles. The summed E-state index contributed by atoms with van der Waals surface area (Å²) in [6.07, 6.45) is 1.38. The number of hydrogen-bond donors (Lipinski definition) is 1. The van der Waals surface area contributed by atoms with Crippen molar-refractivity contribution in [2.75, 3.05) is 17.1 Å². The molecule has 38 heavy (non-hydrogen) atoms. The molecule has 0 saturated carbocycles. The van der Waals surface area contributed by atoms with Gasteiger partial charge in [-0.05, 0) is 62.1 Å². The highest BCUT2D eigenvalue weighted by Gasteiger charge is 2.33. The van der Waals surface area contributed by atoms with Crippen molar-refractivity contribution in [3.8, 4) is 0 Å². The van der Waals surface area contributed by atoms with Gasteiger partial charge in [0.05, 0.1) is 11.9 Å². The van der Waals surface area contributed by atoms with Gasteiger partial charge in [-0.3, -0.25) is 13.9 Å². The Hall–Kier alpha value is -3.65. The fraction of sp³-hybridized carbons (Fsp3) is 0.333. The largest absolute Gasteiger partial charge is 0.352 e. The zero-order chi connectivity index (χ0) is 27.9. The Morgan fingerprint density at radius 2 is 1.42 bits per heavy atom. The summed E-state index contributed by atoms with van der Waals surface area (Å²) >= 11 is 0. The maximum Gasteiger partial charge on any atom is 0.244 e. The number of rotatable bonds is 11. The molecular weight excluding hydrogens is 498 g/mol. The van der Waals surface area contributed by atoms with Crippen molar-refractivity contribution in [1.82, 2.24) is 10.2 Å². The normalized spacial score (nSPS) is 12.2. The minimum Gasteiger partial charge on any atom is -0.352 e. The minimum absolute atomic E-state index is 0.127. The third kappa shape index (κ3) is 7.92. The second kappa shape index (κ2) is 12.7. The van der Waals surface area contributed by atoms with Gasteiger partial charge in [0.25, 0.3) is 0 Å². The number of carbonyl (C=O) groups excluding carboxylic acids is 2. The van der Waals surface area contributed by atoms with E-state index in [9.17, 15) is 18.0 Å². The lowest BCUT2D eigenvalue weighted by Crippen LogP contribution is -2.54. The summed E-state index contributed by atoms with van der Waals surface area (Å²) in [5.74, 6) is -0.748. The number of aryl methyl sites for hydroxylation is 2. The van der Waals surface area contributed by atoms with Gasteiger partial charge in [-0.15, -0.1) is 0 Å². The van der Waals surface area contributed by atoms with Crippen LogP contribution in [0.4, 0.5) is 5.69 Å². The number of hydrogen-bond acceptors (Lipinski definition) is 4. The van der Waals surface area contributed by atoms with Gasteiger partial charge >= 0.3 is 0 Å². The van der Waals surface area contributed by atoms with Crippen LogP contribution in [-0.2, 0) is 32.6 Å². The first kappa shape index (κ1) is 28.9. The molecule has 8 heteroatoms. The molecule has 1 atom stereocenters. The Kier molecular flexibility index (Phi) is 9.69. The lowest BCUT2D eigenvalue weighted by atomic mass is 10.0. The molecule has 0 spiro atoms. The number of benzene rings is 3. The molecule has 1 N–H and O–H groups in total. The fourth-order valence-electron chi connectivity index (χ4n) is 4.21. The van der Waals surface area contributed by atoms with Gasteiger partial charge in [0.15, 0.2) is 0 Å². The maximum atomic E-state index is 14.0. The first-order valence-electron chi connectivity index (χ1n) is 12.7. The van der Waals surface area contributed by atoms with Gasteiger partial charge in [0.1, 0.15) is 12.6 Å². The maximum absolute atomic E-state index is 14.0. The van der Waals surface area contributed by atoms with E-state index in [1.807, 2.05) is 94.4 Å². The van der Waals surface area contributed by atoms with Crippen molar-refractivity contribution >= 4 is 27.5 Å². The standard InChI is InChI=1S/C30H37N3O4S/c1-22(2)31-30(35)28(19-25-12-8-6-9-13-25)32(20-26-14-10-7-11-15-26)29(34)21-33(38(5,36)37)27-17-16-23(3)24(4)18-27/h6-18,22,28H,19-21H2,1-5H3,(H,31,35)/t28-/m0/s1. The van der Waals surface area contributed by atoms with Crippen LogP contribution < -0.4 is 9.62 Å². The highest BCUT2D eigenvalue weighted by molar-refractivity contribution is 7.92. The molecule has 0 radical (unpaired) electrons. The molecule has 0 aromatic heterocycles. The number of anilines is 1. The Labute approximate surface area is 226 Å². The molecule has 0 aliphatic carbocycles. The lowest BCUT2D eigenvalue weighted by Gasteiger charge is -2.34. The van der Waals surface area contributed by atoms with E-state index in [4.69, 9.17) is 0 Å². The summed E-state index contributed by atoms with van der Waals surface area (Å²) in [5.41, 5.74) is 4.09. The predicted octanol–water partition coefficient (Wildman–Crippen LogP) is 4.23. The average molecular weight is 536 g/mol. The first-order valence-corrected chi connectivity index (χ1v) is 14.5. The van der Waals surface area contributed by atoms with Gasteiger partial charge in [-0.2, -0.15) is 0 Å². The van der Waals surface area contributed by atoms with E-state index >= 15 is 0 Å². The lowest BCUT2D eigenvalue weighted by molar-refractivity contribution is -0.140. The quantitative estimate of drug-likeness (QED) is 0.398. The molecule has 3 aromatic rings. The summed E-state index contributed by atoms with van der Waals surface area (Å²) in [4.78, 5) is 29.0. The summed E-state index contributed by atoms with van der Waals surface area (Å²) in [6.45, 7) is 7.31. The van der Waals surface area contributed by atoms with Gasteiger partial charge in [0, 0.05) is 19.0 Å².